The number of rotatable bonds is 16. The van der Waals surface area contributed by atoms with E-state index in [2.05, 4.69) is 27.2 Å². The van der Waals surface area contributed by atoms with E-state index in [1.54, 1.807) is 18.8 Å². The van der Waals surface area contributed by atoms with Crippen LogP contribution in [0.1, 0.15) is 70.1 Å². The summed E-state index contributed by atoms with van der Waals surface area (Å²) in [5, 5.41) is 24.6. The largest absolute Gasteiger partial charge is 0.493 e. The van der Waals surface area contributed by atoms with Crippen molar-refractivity contribution < 1.29 is 34.0 Å². The molecular formula is C29H41N5O7. The summed E-state index contributed by atoms with van der Waals surface area (Å²) in [6.45, 7) is 2.48. The van der Waals surface area contributed by atoms with Crippen LogP contribution in [0.2, 0.25) is 0 Å². The molecule has 3 heterocycles. The fraction of sp³-hybridized carbons (Fsp3) is 0.586. The zero-order valence-electron chi connectivity index (χ0n) is 24.0. The number of fused-ring (bicyclic) bond motifs is 1. The molecule has 2 aromatic heterocycles. The van der Waals surface area contributed by atoms with Crippen molar-refractivity contribution in [2.24, 2.45) is 0 Å². The molecule has 224 valence electrons. The van der Waals surface area contributed by atoms with E-state index in [0.717, 1.165) is 24.8 Å². The zero-order valence-corrected chi connectivity index (χ0v) is 24.0. The van der Waals surface area contributed by atoms with Crippen LogP contribution in [0.25, 0.3) is 11.2 Å². The number of benzene rings is 1. The molecule has 4 atom stereocenters. The summed E-state index contributed by atoms with van der Waals surface area (Å²) in [7, 11) is 3.17. The van der Waals surface area contributed by atoms with Crippen LogP contribution in [-0.4, -0.2) is 74.8 Å². The van der Waals surface area contributed by atoms with E-state index in [9.17, 15) is 15.0 Å². The highest BCUT2D eigenvalue weighted by Gasteiger charge is 2.45. The average molecular weight is 572 g/mol. The van der Waals surface area contributed by atoms with Crippen LogP contribution in [0.4, 0.5) is 5.82 Å². The Morgan fingerprint density at radius 1 is 1.00 bits per heavy atom. The molecular weight excluding hydrogens is 530 g/mol. The molecule has 0 radical (unpaired) electrons. The lowest BCUT2D eigenvalue weighted by Gasteiger charge is -2.16. The molecule has 3 aromatic rings. The molecule has 4 rings (SSSR count). The van der Waals surface area contributed by atoms with Gasteiger partial charge in [0.15, 0.2) is 34.7 Å². The Bertz CT molecular complexity index is 1270. The summed E-state index contributed by atoms with van der Waals surface area (Å²) in [4.78, 5) is 25.3. The Balaban J connectivity index is 1.33. The maximum Gasteiger partial charge on any atom is 0.305 e. The van der Waals surface area contributed by atoms with Crippen molar-refractivity contribution in [1.82, 2.24) is 19.5 Å². The maximum atomic E-state index is 12.2. The van der Waals surface area contributed by atoms with Crippen molar-refractivity contribution >= 4 is 23.0 Å². The van der Waals surface area contributed by atoms with Crippen LogP contribution < -0.4 is 14.8 Å². The lowest BCUT2D eigenvalue weighted by atomic mass is 10.1. The van der Waals surface area contributed by atoms with E-state index in [-0.39, 0.29) is 12.6 Å². The van der Waals surface area contributed by atoms with Gasteiger partial charge in [0.2, 0.25) is 0 Å². The highest BCUT2D eigenvalue weighted by molar-refractivity contribution is 5.82. The van der Waals surface area contributed by atoms with Crippen LogP contribution in [0.5, 0.6) is 11.5 Å². The summed E-state index contributed by atoms with van der Waals surface area (Å²) < 4.78 is 23.5. The molecule has 41 heavy (non-hydrogen) atoms. The number of nitrogens with one attached hydrogen (secondary N) is 1. The van der Waals surface area contributed by atoms with Crippen molar-refractivity contribution in [3.05, 3.63) is 36.4 Å². The van der Waals surface area contributed by atoms with Gasteiger partial charge in [0.25, 0.3) is 0 Å². The van der Waals surface area contributed by atoms with Gasteiger partial charge < -0.3 is 34.5 Å². The second-order valence-corrected chi connectivity index (χ2v) is 10.2. The average Bonchev–Trinajstić information content (AvgIpc) is 3.54. The van der Waals surface area contributed by atoms with Gasteiger partial charge in [-0.05, 0) is 24.1 Å². The third-order valence-corrected chi connectivity index (χ3v) is 7.27. The molecule has 1 fully saturated rings. The minimum absolute atomic E-state index is 0.149. The van der Waals surface area contributed by atoms with E-state index in [0.29, 0.717) is 41.4 Å². The fourth-order valence-corrected chi connectivity index (χ4v) is 4.91. The van der Waals surface area contributed by atoms with Crippen LogP contribution >= 0.6 is 0 Å². The molecule has 3 N–H and O–H groups in total. The summed E-state index contributed by atoms with van der Waals surface area (Å²) in [5.41, 5.74) is 1.83. The van der Waals surface area contributed by atoms with Gasteiger partial charge in [0.05, 0.1) is 20.5 Å². The van der Waals surface area contributed by atoms with Crippen molar-refractivity contribution in [2.45, 2.75) is 89.4 Å². The normalized spacial score (nSPS) is 20.3. The molecule has 1 aromatic carbocycles. The minimum atomic E-state index is -1.27. The predicted octanol–water partition coefficient (Wildman–Crippen LogP) is 3.76. The first kappa shape index (κ1) is 30.5. The van der Waals surface area contributed by atoms with Crippen LogP contribution in [0.3, 0.4) is 0 Å². The number of methoxy groups -OCH3 is 2. The third-order valence-electron chi connectivity index (χ3n) is 7.27. The maximum absolute atomic E-state index is 12.2. The molecule has 0 spiro atoms. The highest BCUT2D eigenvalue weighted by atomic mass is 16.6. The van der Waals surface area contributed by atoms with Gasteiger partial charge in [-0.1, -0.05) is 51.5 Å². The molecule has 12 heteroatoms. The summed E-state index contributed by atoms with van der Waals surface area (Å²) >= 11 is 0. The molecule has 0 aliphatic carbocycles. The first-order valence-electron chi connectivity index (χ1n) is 14.3. The lowest BCUT2D eigenvalue weighted by molar-refractivity contribution is -0.150. The second kappa shape index (κ2) is 14.9. The number of aliphatic hydroxyl groups is 2. The number of hydrogen-bond acceptors (Lipinski definition) is 11. The number of aliphatic hydroxyl groups excluding tert-OH is 2. The smallest absolute Gasteiger partial charge is 0.305 e. The number of hydrogen-bond donors (Lipinski definition) is 3. The molecule has 0 unspecified atom stereocenters. The zero-order chi connectivity index (χ0) is 29.2. The number of ether oxygens (including phenoxy) is 4. The van der Waals surface area contributed by atoms with E-state index in [4.69, 9.17) is 18.9 Å². The highest BCUT2D eigenvalue weighted by Crippen LogP contribution is 2.33. The van der Waals surface area contributed by atoms with Crippen LogP contribution in [0.15, 0.2) is 30.9 Å². The summed E-state index contributed by atoms with van der Waals surface area (Å²) in [6.07, 6.45) is 6.60. The van der Waals surface area contributed by atoms with Crippen molar-refractivity contribution in [3.8, 4) is 11.5 Å². The van der Waals surface area contributed by atoms with Gasteiger partial charge in [-0.2, -0.15) is 0 Å². The molecule has 1 aliphatic rings. The molecule has 1 saturated heterocycles. The number of nitrogens with zero attached hydrogens (tertiary/aromatic N) is 4. The van der Waals surface area contributed by atoms with E-state index in [1.807, 2.05) is 18.2 Å². The lowest BCUT2D eigenvalue weighted by Crippen LogP contribution is -2.34. The topological polar surface area (TPSA) is 150 Å². The van der Waals surface area contributed by atoms with Crippen LogP contribution in [0, 0.1) is 0 Å². The first-order chi connectivity index (χ1) is 20.0. The van der Waals surface area contributed by atoms with Gasteiger partial charge in [-0.3, -0.25) is 9.36 Å². The Morgan fingerprint density at radius 3 is 2.51 bits per heavy atom. The molecule has 0 saturated carbocycles. The van der Waals surface area contributed by atoms with E-state index < -0.39 is 24.5 Å². The Labute approximate surface area is 240 Å². The van der Waals surface area contributed by atoms with Crippen LogP contribution in [-0.2, 0) is 20.8 Å². The van der Waals surface area contributed by atoms with Gasteiger partial charge >= 0.3 is 5.97 Å². The van der Waals surface area contributed by atoms with E-state index >= 15 is 0 Å². The predicted molar refractivity (Wildman–Crippen MR) is 152 cm³/mol. The number of aromatic nitrogens is 4. The number of carbonyl (C=O) groups is 1. The summed E-state index contributed by atoms with van der Waals surface area (Å²) in [6, 6.07) is 5.61. The SMILES string of the molecule is CCCCCCCCCC(=O)OC[C@H]1O[C@@H](n2cnc3c(NCc4ccc(OC)c(OC)c4)ncnc32)[C@H](O)[C@@H]1O. The van der Waals surface area contributed by atoms with Gasteiger partial charge in [0.1, 0.15) is 31.2 Å². The number of carbonyl (C=O) groups excluding carboxylic acids is 1. The Hall–Kier alpha value is -3.48. The van der Waals surface area contributed by atoms with Crippen molar-refractivity contribution in [3.63, 3.8) is 0 Å². The Morgan fingerprint density at radius 2 is 1.76 bits per heavy atom. The fourth-order valence-electron chi connectivity index (χ4n) is 4.91. The number of esters is 1. The minimum Gasteiger partial charge on any atom is -0.493 e. The van der Waals surface area contributed by atoms with Gasteiger partial charge in [-0.25, -0.2) is 15.0 Å². The first-order valence-corrected chi connectivity index (χ1v) is 14.3. The van der Waals surface area contributed by atoms with Gasteiger partial charge in [0, 0.05) is 13.0 Å². The van der Waals surface area contributed by atoms with E-state index in [1.165, 1.54) is 38.3 Å². The molecule has 0 amide bonds. The summed E-state index contributed by atoms with van der Waals surface area (Å²) in [5.74, 6) is 1.41. The number of unbranched alkanes of at least 4 members (excludes halogenated alkanes) is 6. The Kier molecular flexibility index (Phi) is 11.1. The quantitative estimate of drug-likeness (QED) is 0.170. The van der Waals surface area contributed by atoms with Crippen molar-refractivity contribution in [1.29, 1.82) is 0 Å². The molecule has 1 aliphatic heterocycles. The third kappa shape index (κ3) is 7.63. The second-order valence-electron chi connectivity index (χ2n) is 10.2. The van der Waals surface area contributed by atoms with Crippen molar-refractivity contribution in [2.75, 3.05) is 26.1 Å². The number of imidazole rings is 1. The molecule has 0 bridgehead atoms. The standard InChI is InChI=1S/C29H41N5O7/c1-4-5-6-7-8-9-10-11-23(35)40-16-22-25(36)26(37)29(41-22)34-18-33-24-27(31-17-32-28(24)34)30-15-19-12-13-20(38-2)21(14-19)39-3/h12-14,17-18,22,25-26,29,36-37H,4-11,15-16H2,1-3H3,(H,30,31,32)/t22-,25-,26-,29-/m1/s1. The number of anilines is 1. The molecule has 12 nitrogen and oxygen atoms in total. The monoisotopic (exact) mass is 571 g/mol. The van der Waals surface area contributed by atoms with Gasteiger partial charge in [-0.15, -0.1) is 0 Å².